The molecule has 0 aromatic carbocycles. The molecule has 0 amide bonds. The second kappa shape index (κ2) is 7.80. The quantitative estimate of drug-likeness (QED) is 0.436. The van der Waals surface area contributed by atoms with Crippen molar-refractivity contribution in [1.29, 1.82) is 5.26 Å². The van der Waals surface area contributed by atoms with Crippen molar-refractivity contribution in [1.82, 2.24) is 0 Å². The molecule has 9 heavy (non-hydrogen) atoms. The molecule has 0 unspecified atom stereocenters. The van der Waals surface area contributed by atoms with Crippen LogP contribution in [0.25, 0.3) is 0 Å². The molecule has 0 aromatic heterocycles. The maximum Gasteiger partial charge on any atom is 0.133 e. The summed E-state index contributed by atoms with van der Waals surface area (Å²) in [6.07, 6.45) is 2.73. The van der Waals surface area contributed by atoms with E-state index < -0.39 is 0 Å². The number of thioether (sulfide) groups is 1. The van der Waals surface area contributed by atoms with Crippen molar-refractivity contribution in [3.63, 3.8) is 0 Å². The van der Waals surface area contributed by atoms with Crippen LogP contribution < -0.4 is 0 Å². The Morgan fingerprint density at radius 2 is 2.11 bits per heavy atom. The van der Waals surface area contributed by atoms with Crippen molar-refractivity contribution in [2.75, 3.05) is 12.4 Å². The minimum absolute atomic E-state index is 0.0250. The molecule has 0 heterocycles. The molecule has 0 saturated heterocycles. The fourth-order valence-corrected chi connectivity index (χ4v) is 0.938. The Morgan fingerprint density at radius 3 is 2.67 bits per heavy atom. The molecule has 0 atom stereocenters. The zero-order valence-electron chi connectivity index (χ0n) is 5.30. The normalized spacial score (nSPS) is 8.89. The number of thiocyanates is 1. The largest absolute Gasteiger partial charge is 0.237 e. The van der Waals surface area contributed by atoms with E-state index in [-0.39, 0.29) is 6.61 Å². The maximum atomic E-state index is 9.89. The second-order valence-corrected chi connectivity index (χ2v) is 2.58. The van der Waals surface area contributed by atoms with Crippen LogP contribution in [-0.4, -0.2) is 12.4 Å². The lowest BCUT2D eigenvalue weighted by molar-refractivity contribution is 0.186. The number of hydrogen-bond donors (Lipinski definition) is 0. The van der Waals surface area contributed by atoms with Gasteiger partial charge in [-0.25, -0.2) is 5.11 Å². The van der Waals surface area contributed by atoms with E-state index in [1.54, 1.807) is 0 Å². The number of unbranched alkanes of at least 4 members (excludes halogenated alkanes) is 2. The predicted octanol–water partition coefficient (Wildman–Crippen LogP) is 1.80. The van der Waals surface area contributed by atoms with Crippen molar-refractivity contribution in [2.24, 2.45) is 0 Å². The van der Waals surface area contributed by atoms with Gasteiger partial charge in [-0.1, -0.05) is 6.42 Å². The van der Waals surface area contributed by atoms with Gasteiger partial charge in [0.25, 0.3) is 0 Å². The topological polar surface area (TPSA) is 43.7 Å². The summed E-state index contributed by atoms with van der Waals surface area (Å²) in [6, 6.07) is 0. The molecule has 0 aromatic rings. The zero-order chi connectivity index (χ0) is 6.95. The fourth-order valence-electron chi connectivity index (χ4n) is 0.499. The third-order valence-electron chi connectivity index (χ3n) is 0.955. The average molecular weight is 144 g/mol. The molecular weight excluding hydrogens is 134 g/mol. The first kappa shape index (κ1) is 8.80. The second-order valence-electron chi connectivity index (χ2n) is 1.70. The van der Waals surface area contributed by atoms with Crippen LogP contribution >= 0.6 is 11.8 Å². The highest BCUT2D eigenvalue weighted by Gasteiger charge is 1.87. The Labute approximate surface area is 59.9 Å². The molecule has 0 aliphatic heterocycles. The maximum absolute atomic E-state index is 9.89. The van der Waals surface area contributed by atoms with Crippen molar-refractivity contribution in [2.45, 2.75) is 19.3 Å². The van der Waals surface area contributed by atoms with Gasteiger partial charge in [0.05, 0.1) is 6.61 Å². The highest BCUT2D eigenvalue weighted by atomic mass is 32.2. The summed E-state index contributed by atoms with van der Waals surface area (Å²) in [4.78, 5) is 0. The van der Waals surface area contributed by atoms with E-state index >= 15 is 0 Å². The Kier molecular flexibility index (Phi) is 7.63. The third-order valence-corrected chi connectivity index (χ3v) is 1.58. The lowest BCUT2D eigenvalue weighted by Crippen LogP contribution is -1.82. The van der Waals surface area contributed by atoms with E-state index in [0.717, 1.165) is 25.0 Å². The zero-order valence-corrected chi connectivity index (χ0v) is 6.12. The van der Waals surface area contributed by atoms with Crippen molar-refractivity contribution >= 4 is 11.8 Å². The molecule has 1 radical (unpaired) electrons. The van der Waals surface area contributed by atoms with Gasteiger partial charge < -0.3 is 0 Å². The van der Waals surface area contributed by atoms with Crippen molar-refractivity contribution in [3.05, 3.63) is 0 Å². The van der Waals surface area contributed by atoms with E-state index in [1.165, 1.54) is 11.8 Å². The molecule has 51 valence electrons. The van der Waals surface area contributed by atoms with Crippen LogP contribution in [-0.2, 0) is 5.11 Å². The van der Waals surface area contributed by atoms with Crippen LogP contribution in [0.2, 0.25) is 0 Å². The highest BCUT2D eigenvalue weighted by Crippen LogP contribution is 2.03. The summed E-state index contributed by atoms with van der Waals surface area (Å²) in [5.74, 6) is 0.872. The molecule has 0 aliphatic rings. The number of hydrogen-bond acceptors (Lipinski definition) is 2. The summed E-state index contributed by atoms with van der Waals surface area (Å²) in [6.45, 7) is 0.0250. The van der Waals surface area contributed by atoms with Gasteiger partial charge in [0, 0.05) is 5.75 Å². The highest BCUT2D eigenvalue weighted by molar-refractivity contribution is 8.03. The molecular formula is C6H10NOS. The molecule has 0 fully saturated rings. The lowest BCUT2D eigenvalue weighted by atomic mass is 10.3. The van der Waals surface area contributed by atoms with E-state index in [0.29, 0.717) is 0 Å². The van der Waals surface area contributed by atoms with Gasteiger partial charge >= 0.3 is 0 Å². The Balaban J connectivity index is 2.69. The summed E-state index contributed by atoms with van der Waals surface area (Å²) in [5, 5.41) is 19.9. The van der Waals surface area contributed by atoms with Gasteiger partial charge in [-0.05, 0) is 24.6 Å². The SMILES string of the molecule is N#CSCCCCC[O]. The molecule has 0 N–H and O–H groups in total. The van der Waals surface area contributed by atoms with Crippen LogP contribution in [0.1, 0.15) is 19.3 Å². The first-order valence-corrected chi connectivity index (χ1v) is 3.99. The smallest absolute Gasteiger partial charge is 0.133 e. The number of nitrogens with zero attached hydrogens (tertiary/aromatic N) is 1. The Hall–Kier alpha value is -0.200. The lowest BCUT2D eigenvalue weighted by Gasteiger charge is -1.91. The molecule has 0 spiro atoms. The molecule has 3 heteroatoms. The molecule has 0 aliphatic carbocycles. The van der Waals surface area contributed by atoms with Gasteiger partial charge in [0.2, 0.25) is 0 Å². The third kappa shape index (κ3) is 7.80. The van der Waals surface area contributed by atoms with Crippen molar-refractivity contribution < 1.29 is 5.11 Å². The standard InChI is InChI=1S/C6H10NOS/c7-6-9-5-3-1-2-4-8/h1-5H2. The predicted molar refractivity (Wildman–Crippen MR) is 37.5 cm³/mol. The summed E-state index contributed by atoms with van der Waals surface area (Å²) >= 11 is 1.26. The number of rotatable bonds is 5. The van der Waals surface area contributed by atoms with E-state index in [1.807, 2.05) is 5.40 Å². The first-order chi connectivity index (χ1) is 4.41. The van der Waals surface area contributed by atoms with Gasteiger partial charge in [-0.3, -0.25) is 0 Å². The molecule has 0 rings (SSSR count). The van der Waals surface area contributed by atoms with Crippen LogP contribution in [0.3, 0.4) is 0 Å². The molecule has 0 bridgehead atoms. The summed E-state index contributed by atoms with van der Waals surface area (Å²) in [7, 11) is 0. The van der Waals surface area contributed by atoms with Crippen molar-refractivity contribution in [3.8, 4) is 5.40 Å². The van der Waals surface area contributed by atoms with E-state index in [2.05, 4.69) is 0 Å². The summed E-state index contributed by atoms with van der Waals surface area (Å²) in [5.41, 5.74) is 0. The minimum atomic E-state index is 0.0250. The summed E-state index contributed by atoms with van der Waals surface area (Å²) < 4.78 is 0. The van der Waals surface area contributed by atoms with E-state index in [4.69, 9.17) is 5.26 Å². The molecule has 2 nitrogen and oxygen atoms in total. The van der Waals surface area contributed by atoms with Gasteiger partial charge in [0.15, 0.2) is 0 Å². The average Bonchev–Trinajstić information content (AvgIpc) is 1.89. The Morgan fingerprint density at radius 1 is 1.33 bits per heavy atom. The number of nitriles is 1. The monoisotopic (exact) mass is 144 g/mol. The first-order valence-electron chi connectivity index (χ1n) is 3.01. The molecule has 0 saturated carbocycles. The van der Waals surface area contributed by atoms with Gasteiger partial charge in [-0.2, -0.15) is 5.26 Å². The van der Waals surface area contributed by atoms with Crippen LogP contribution in [0.5, 0.6) is 0 Å². The van der Waals surface area contributed by atoms with Crippen LogP contribution in [0.15, 0.2) is 0 Å². The van der Waals surface area contributed by atoms with Gasteiger partial charge in [0.1, 0.15) is 5.40 Å². The van der Waals surface area contributed by atoms with Gasteiger partial charge in [-0.15, -0.1) is 0 Å². The fraction of sp³-hybridized carbons (Fsp3) is 0.833. The van der Waals surface area contributed by atoms with E-state index in [9.17, 15) is 5.11 Å². The minimum Gasteiger partial charge on any atom is -0.237 e. The Bertz CT molecular complexity index is 89.5. The van der Waals surface area contributed by atoms with Crippen LogP contribution in [0, 0.1) is 10.7 Å². The van der Waals surface area contributed by atoms with Crippen LogP contribution in [0.4, 0.5) is 0 Å².